The molecule has 1 aliphatic rings. The summed E-state index contributed by atoms with van der Waals surface area (Å²) in [7, 11) is 0. The Hall–Kier alpha value is -1.05. The molecule has 11 heavy (non-hydrogen) atoms. The topological polar surface area (TPSA) is 37.3 Å². The minimum atomic E-state index is -0.0764. The van der Waals surface area contributed by atoms with Crippen LogP contribution in [0.15, 0.2) is 24.5 Å². The number of carbonyl (C=O) groups is 1. The fourth-order valence-corrected chi connectivity index (χ4v) is 1.34. The molecule has 1 aliphatic carbocycles. The van der Waals surface area contributed by atoms with Crippen molar-refractivity contribution in [3.05, 3.63) is 24.5 Å². The number of rotatable bonds is 2. The van der Waals surface area contributed by atoms with Crippen LogP contribution in [0.2, 0.25) is 0 Å². The van der Waals surface area contributed by atoms with E-state index in [0.29, 0.717) is 6.42 Å². The first-order chi connectivity index (χ1) is 5.16. The summed E-state index contributed by atoms with van der Waals surface area (Å²) < 4.78 is 0. The number of hydrogen-bond donors (Lipinski definition) is 1. The average Bonchev–Trinajstić information content (AvgIpc) is 2.17. The molecular weight excluding hydrogens is 140 g/mol. The van der Waals surface area contributed by atoms with Crippen molar-refractivity contribution in [2.75, 3.05) is 0 Å². The van der Waals surface area contributed by atoms with Crippen LogP contribution in [0.1, 0.15) is 13.3 Å². The Labute approximate surface area is 66.2 Å². The van der Waals surface area contributed by atoms with Gasteiger partial charge in [0.25, 0.3) is 0 Å². The second-order valence-electron chi connectivity index (χ2n) is 2.89. The molecule has 0 amide bonds. The van der Waals surface area contributed by atoms with Gasteiger partial charge in [-0.25, -0.2) is 0 Å². The van der Waals surface area contributed by atoms with Crippen molar-refractivity contribution in [2.45, 2.75) is 13.3 Å². The Kier molecular flexibility index (Phi) is 2.13. The Morgan fingerprint density at radius 3 is 2.82 bits per heavy atom. The van der Waals surface area contributed by atoms with E-state index in [1.807, 2.05) is 6.92 Å². The molecule has 60 valence electrons. The van der Waals surface area contributed by atoms with Crippen LogP contribution >= 0.6 is 0 Å². The number of aliphatic hydroxyl groups is 1. The lowest BCUT2D eigenvalue weighted by Gasteiger charge is -2.11. The highest BCUT2D eigenvalue weighted by atomic mass is 16.3. The smallest absolute Gasteiger partial charge is 0.163 e. The summed E-state index contributed by atoms with van der Waals surface area (Å²) >= 11 is 0. The summed E-state index contributed by atoms with van der Waals surface area (Å²) in [6.45, 7) is 5.41. The van der Waals surface area contributed by atoms with E-state index in [2.05, 4.69) is 6.58 Å². The predicted molar refractivity (Wildman–Crippen MR) is 43.2 cm³/mol. The van der Waals surface area contributed by atoms with Crippen molar-refractivity contribution in [2.24, 2.45) is 11.8 Å². The Morgan fingerprint density at radius 1 is 1.82 bits per heavy atom. The molecule has 0 heterocycles. The van der Waals surface area contributed by atoms with Crippen LogP contribution in [0.3, 0.4) is 0 Å². The van der Waals surface area contributed by atoms with Gasteiger partial charge in [-0.3, -0.25) is 4.79 Å². The van der Waals surface area contributed by atoms with Gasteiger partial charge in [0.1, 0.15) is 0 Å². The van der Waals surface area contributed by atoms with E-state index >= 15 is 0 Å². The molecule has 0 aromatic carbocycles. The lowest BCUT2D eigenvalue weighted by molar-refractivity contribution is -0.118. The third kappa shape index (κ3) is 1.34. The highest BCUT2D eigenvalue weighted by molar-refractivity contribution is 5.95. The standard InChI is InChI=1S/C9H12O2/c1-3-4-7-6(2)8(10)5-9(7)11/h3,5-7,10H,1,4H2,2H3/t6-,7+/m0/s1. The SMILES string of the molecule is C=CC[C@H]1C(=O)C=C(O)[C@H]1C. The van der Waals surface area contributed by atoms with Gasteiger partial charge in [-0.15, -0.1) is 6.58 Å². The van der Waals surface area contributed by atoms with Gasteiger partial charge in [0.2, 0.25) is 0 Å². The molecule has 0 aliphatic heterocycles. The average molecular weight is 152 g/mol. The molecule has 0 fully saturated rings. The van der Waals surface area contributed by atoms with E-state index in [1.165, 1.54) is 6.08 Å². The maximum atomic E-state index is 11.1. The van der Waals surface area contributed by atoms with Crippen LogP contribution in [0.25, 0.3) is 0 Å². The monoisotopic (exact) mass is 152 g/mol. The summed E-state index contributed by atoms with van der Waals surface area (Å²) in [5.41, 5.74) is 0. The second-order valence-corrected chi connectivity index (χ2v) is 2.89. The van der Waals surface area contributed by atoms with Crippen LogP contribution < -0.4 is 0 Å². The van der Waals surface area contributed by atoms with Crippen LogP contribution in [-0.2, 0) is 4.79 Å². The van der Waals surface area contributed by atoms with E-state index < -0.39 is 0 Å². The molecule has 1 N–H and O–H groups in total. The third-order valence-electron chi connectivity index (χ3n) is 2.15. The van der Waals surface area contributed by atoms with Gasteiger partial charge >= 0.3 is 0 Å². The summed E-state index contributed by atoms with van der Waals surface area (Å²) in [6.07, 6.45) is 3.69. The van der Waals surface area contributed by atoms with Crippen LogP contribution in [-0.4, -0.2) is 10.9 Å². The highest BCUT2D eigenvalue weighted by Crippen LogP contribution is 2.29. The second kappa shape index (κ2) is 2.91. The van der Waals surface area contributed by atoms with Crippen molar-refractivity contribution >= 4 is 5.78 Å². The lowest BCUT2D eigenvalue weighted by Crippen LogP contribution is -2.13. The van der Waals surface area contributed by atoms with Crippen molar-refractivity contribution in [1.29, 1.82) is 0 Å². The number of allylic oxidation sites excluding steroid dienone is 3. The Bertz CT molecular complexity index is 216. The quantitative estimate of drug-likeness (QED) is 0.613. The van der Waals surface area contributed by atoms with E-state index in [9.17, 15) is 9.90 Å². The number of hydrogen-bond acceptors (Lipinski definition) is 2. The zero-order valence-corrected chi connectivity index (χ0v) is 6.58. The molecule has 2 atom stereocenters. The van der Waals surface area contributed by atoms with Crippen LogP contribution in [0, 0.1) is 11.8 Å². The number of aliphatic hydroxyl groups excluding tert-OH is 1. The van der Waals surface area contributed by atoms with Crippen molar-refractivity contribution < 1.29 is 9.90 Å². The van der Waals surface area contributed by atoms with Crippen molar-refractivity contribution in [1.82, 2.24) is 0 Å². The molecular formula is C9H12O2. The lowest BCUT2D eigenvalue weighted by atomic mass is 9.93. The molecule has 0 unspecified atom stereocenters. The minimum Gasteiger partial charge on any atom is -0.512 e. The summed E-state index contributed by atoms with van der Waals surface area (Å²) in [6, 6.07) is 0. The van der Waals surface area contributed by atoms with E-state index in [4.69, 9.17) is 0 Å². The summed E-state index contributed by atoms with van der Waals surface area (Å²) in [5, 5.41) is 9.17. The molecule has 2 nitrogen and oxygen atoms in total. The molecule has 1 rings (SSSR count). The minimum absolute atomic E-state index is 0.0231. The predicted octanol–water partition coefficient (Wildman–Crippen LogP) is 1.84. The van der Waals surface area contributed by atoms with E-state index in [-0.39, 0.29) is 23.4 Å². The van der Waals surface area contributed by atoms with Gasteiger partial charge in [-0.05, 0) is 6.42 Å². The molecule has 0 spiro atoms. The summed E-state index contributed by atoms with van der Waals surface area (Å²) in [5.74, 6) is 0.129. The highest BCUT2D eigenvalue weighted by Gasteiger charge is 2.31. The van der Waals surface area contributed by atoms with Gasteiger partial charge in [0, 0.05) is 17.9 Å². The largest absolute Gasteiger partial charge is 0.512 e. The van der Waals surface area contributed by atoms with E-state index in [1.54, 1.807) is 6.08 Å². The van der Waals surface area contributed by atoms with Gasteiger partial charge in [-0.1, -0.05) is 13.0 Å². The zero-order valence-electron chi connectivity index (χ0n) is 6.58. The third-order valence-corrected chi connectivity index (χ3v) is 2.15. The maximum absolute atomic E-state index is 11.1. The Morgan fingerprint density at radius 2 is 2.45 bits per heavy atom. The zero-order chi connectivity index (χ0) is 8.43. The first kappa shape index (κ1) is 8.05. The van der Waals surface area contributed by atoms with Crippen LogP contribution in [0.4, 0.5) is 0 Å². The fraction of sp³-hybridized carbons (Fsp3) is 0.444. The van der Waals surface area contributed by atoms with Gasteiger partial charge in [-0.2, -0.15) is 0 Å². The summed E-state index contributed by atoms with van der Waals surface area (Å²) in [4.78, 5) is 11.1. The number of carbonyl (C=O) groups excluding carboxylic acids is 1. The van der Waals surface area contributed by atoms with Gasteiger partial charge in [0.15, 0.2) is 5.78 Å². The van der Waals surface area contributed by atoms with E-state index in [0.717, 1.165) is 0 Å². The molecule has 0 aromatic rings. The first-order valence-corrected chi connectivity index (χ1v) is 3.72. The molecule has 0 saturated heterocycles. The van der Waals surface area contributed by atoms with Gasteiger partial charge < -0.3 is 5.11 Å². The Balaban J connectivity index is 2.71. The number of ketones is 1. The maximum Gasteiger partial charge on any atom is 0.163 e. The molecule has 2 heteroatoms. The van der Waals surface area contributed by atoms with Gasteiger partial charge in [0.05, 0.1) is 5.76 Å². The molecule has 0 aromatic heterocycles. The van der Waals surface area contributed by atoms with Crippen molar-refractivity contribution in [3.63, 3.8) is 0 Å². The normalized spacial score (nSPS) is 30.3. The fourth-order valence-electron chi connectivity index (χ4n) is 1.34. The van der Waals surface area contributed by atoms with Crippen LogP contribution in [0.5, 0.6) is 0 Å². The molecule has 0 radical (unpaired) electrons. The molecule has 0 bridgehead atoms. The van der Waals surface area contributed by atoms with Crippen molar-refractivity contribution in [3.8, 4) is 0 Å². The first-order valence-electron chi connectivity index (χ1n) is 3.72. The molecule has 0 saturated carbocycles.